The summed E-state index contributed by atoms with van der Waals surface area (Å²) >= 11 is 0. The second-order valence-electron chi connectivity index (χ2n) is 9.10. The van der Waals surface area contributed by atoms with E-state index in [-0.39, 0.29) is 37.7 Å². The molecule has 0 saturated carbocycles. The summed E-state index contributed by atoms with van der Waals surface area (Å²) in [4.78, 5) is 72.1. The maximum atomic E-state index is 13.2. The molecule has 16 nitrogen and oxygen atoms in total. The predicted molar refractivity (Wildman–Crippen MR) is 140 cm³/mol. The van der Waals surface area contributed by atoms with Crippen LogP contribution in [0.25, 0.3) is 0 Å². The van der Waals surface area contributed by atoms with Gasteiger partial charge in [0.2, 0.25) is 17.7 Å². The number of aliphatic imine (C=N–C) groups is 1. The molecule has 0 fully saturated rings. The highest BCUT2D eigenvalue weighted by Crippen LogP contribution is 2.11. The van der Waals surface area contributed by atoms with Gasteiger partial charge in [-0.3, -0.25) is 24.2 Å². The highest BCUT2D eigenvalue weighted by molar-refractivity contribution is 5.94. The summed E-state index contributed by atoms with van der Waals surface area (Å²) in [5.41, 5.74) is 16.9. The Bertz CT molecular complexity index is 996. The number of hydrogen-bond donors (Lipinski definition) is 9. The second kappa shape index (κ2) is 16.6. The van der Waals surface area contributed by atoms with Crippen LogP contribution in [0.2, 0.25) is 0 Å². The molecule has 1 aromatic heterocycles. The Labute approximate surface area is 225 Å². The Morgan fingerprint density at radius 3 is 2.23 bits per heavy atom. The molecular formula is C23H39N9O7. The first-order chi connectivity index (χ1) is 18.3. The van der Waals surface area contributed by atoms with Crippen molar-refractivity contribution in [2.45, 2.75) is 76.5 Å². The third kappa shape index (κ3) is 12.3. The number of carbonyl (C=O) groups is 5. The van der Waals surface area contributed by atoms with Crippen molar-refractivity contribution >= 4 is 35.6 Å². The number of nitrogens with two attached hydrogens (primary N) is 3. The Hall–Kier alpha value is -4.21. The molecule has 218 valence electrons. The first-order valence-electron chi connectivity index (χ1n) is 12.5. The molecule has 0 aromatic carbocycles. The number of rotatable bonds is 18. The van der Waals surface area contributed by atoms with Gasteiger partial charge in [-0.05, 0) is 25.2 Å². The topological polar surface area (TPSA) is 281 Å². The van der Waals surface area contributed by atoms with Crippen molar-refractivity contribution in [3.63, 3.8) is 0 Å². The lowest BCUT2D eigenvalue weighted by Crippen LogP contribution is -2.58. The molecule has 12 N–H and O–H groups in total. The molecule has 1 rings (SSSR count). The van der Waals surface area contributed by atoms with E-state index < -0.39 is 60.2 Å². The van der Waals surface area contributed by atoms with Crippen molar-refractivity contribution in [2.75, 3.05) is 6.54 Å². The maximum absolute atomic E-state index is 13.2. The van der Waals surface area contributed by atoms with E-state index in [2.05, 4.69) is 30.9 Å². The minimum Gasteiger partial charge on any atom is -0.481 e. The molecule has 5 unspecified atom stereocenters. The van der Waals surface area contributed by atoms with Crippen LogP contribution in [0.1, 0.15) is 51.6 Å². The van der Waals surface area contributed by atoms with E-state index in [1.807, 2.05) is 0 Å². The van der Waals surface area contributed by atoms with Crippen molar-refractivity contribution in [1.82, 2.24) is 25.9 Å². The van der Waals surface area contributed by atoms with E-state index in [0.29, 0.717) is 18.5 Å². The summed E-state index contributed by atoms with van der Waals surface area (Å²) in [6.07, 6.45) is 3.00. The fourth-order valence-electron chi connectivity index (χ4n) is 3.50. The summed E-state index contributed by atoms with van der Waals surface area (Å²) < 4.78 is 0. The quantitative estimate of drug-likeness (QED) is 0.0533. The first-order valence-corrected chi connectivity index (χ1v) is 12.5. The molecule has 39 heavy (non-hydrogen) atoms. The minimum atomic E-state index is -1.38. The van der Waals surface area contributed by atoms with Crippen LogP contribution in [0.5, 0.6) is 0 Å². The lowest BCUT2D eigenvalue weighted by molar-refractivity contribution is -0.143. The van der Waals surface area contributed by atoms with Gasteiger partial charge in [-0.2, -0.15) is 0 Å². The molecule has 0 aliphatic carbocycles. The number of aromatic nitrogens is 2. The molecule has 0 aliphatic heterocycles. The fraction of sp³-hybridized carbons (Fsp3) is 0.609. The molecule has 1 aromatic rings. The Morgan fingerprint density at radius 2 is 1.69 bits per heavy atom. The zero-order valence-corrected chi connectivity index (χ0v) is 22.1. The number of carboxylic acids is 2. The van der Waals surface area contributed by atoms with E-state index in [1.165, 1.54) is 12.5 Å². The van der Waals surface area contributed by atoms with Crippen LogP contribution >= 0.6 is 0 Å². The Morgan fingerprint density at radius 1 is 1.03 bits per heavy atom. The summed E-state index contributed by atoms with van der Waals surface area (Å²) in [5.74, 6) is -5.24. The average Bonchev–Trinajstić information content (AvgIpc) is 3.39. The van der Waals surface area contributed by atoms with Crippen molar-refractivity contribution in [2.24, 2.45) is 28.1 Å². The van der Waals surface area contributed by atoms with Gasteiger partial charge >= 0.3 is 11.9 Å². The van der Waals surface area contributed by atoms with Gasteiger partial charge < -0.3 is 48.3 Å². The number of carbonyl (C=O) groups excluding carboxylic acids is 3. The van der Waals surface area contributed by atoms with Gasteiger partial charge in [-0.1, -0.05) is 20.3 Å². The number of hydrogen-bond acceptors (Lipinski definition) is 8. The number of imidazole rings is 1. The van der Waals surface area contributed by atoms with Gasteiger partial charge in [0.05, 0.1) is 12.4 Å². The maximum Gasteiger partial charge on any atom is 0.326 e. The van der Waals surface area contributed by atoms with E-state index in [0.717, 1.165) is 0 Å². The fourth-order valence-corrected chi connectivity index (χ4v) is 3.50. The first kappa shape index (κ1) is 32.8. The summed E-state index contributed by atoms with van der Waals surface area (Å²) in [6, 6.07) is -4.80. The van der Waals surface area contributed by atoms with Crippen molar-refractivity contribution in [3.8, 4) is 0 Å². The predicted octanol–water partition coefficient (Wildman–Crippen LogP) is -2.22. The monoisotopic (exact) mass is 553 g/mol. The number of carboxylic acid groups (broad SMARTS) is 2. The summed E-state index contributed by atoms with van der Waals surface area (Å²) in [5, 5.41) is 26.1. The highest BCUT2D eigenvalue weighted by Gasteiger charge is 2.32. The van der Waals surface area contributed by atoms with E-state index in [1.54, 1.807) is 13.8 Å². The molecule has 0 radical (unpaired) electrons. The number of nitrogens with one attached hydrogen (secondary N) is 4. The molecule has 3 amide bonds. The van der Waals surface area contributed by atoms with Gasteiger partial charge in [0.25, 0.3) is 0 Å². The van der Waals surface area contributed by atoms with Gasteiger partial charge in [-0.15, -0.1) is 0 Å². The van der Waals surface area contributed by atoms with Crippen LogP contribution in [0.3, 0.4) is 0 Å². The number of nitrogens with zero attached hydrogens (tertiary/aromatic N) is 2. The van der Waals surface area contributed by atoms with Crippen molar-refractivity contribution < 1.29 is 34.2 Å². The third-order valence-corrected chi connectivity index (χ3v) is 5.97. The average molecular weight is 554 g/mol. The van der Waals surface area contributed by atoms with E-state index in [4.69, 9.17) is 22.3 Å². The van der Waals surface area contributed by atoms with Crippen LogP contribution in [-0.2, 0) is 30.4 Å². The van der Waals surface area contributed by atoms with Gasteiger partial charge in [0.1, 0.15) is 18.1 Å². The zero-order chi connectivity index (χ0) is 29.5. The number of guanidine groups is 1. The molecule has 0 saturated heterocycles. The van der Waals surface area contributed by atoms with Crippen LogP contribution in [0, 0.1) is 5.92 Å². The number of amides is 3. The van der Waals surface area contributed by atoms with Crippen molar-refractivity contribution in [1.29, 1.82) is 0 Å². The SMILES string of the molecule is CCC(C)C(NC(=O)C(N)CCCN=C(N)N)C(=O)NC(CCC(=O)O)C(=O)NC(Cc1cnc[nH]1)C(=O)O. The summed E-state index contributed by atoms with van der Waals surface area (Å²) in [6.45, 7) is 3.79. The summed E-state index contributed by atoms with van der Waals surface area (Å²) in [7, 11) is 0. The minimum absolute atomic E-state index is 0.0843. The third-order valence-electron chi connectivity index (χ3n) is 5.97. The molecule has 1 heterocycles. The van der Waals surface area contributed by atoms with Crippen LogP contribution in [0.4, 0.5) is 0 Å². The standard InChI is InChI=1S/C23H39N9O7/c1-3-12(2)18(32-19(35)14(24)5-4-8-28-23(25)26)21(37)30-15(6-7-17(33)34)20(36)31-16(22(38)39)9-13-10-27-11-29-13/h10-12,14-16,18H,3-9,24H2,1-2H3,(H,27,29)(H,30,37)(H,31,36)(H,32,35)(H,33,34)(H,38,39)(H4,25,26,28). The Kier molecular flexibility index (Phi) is 14.0. The number of H-pyrrole nitrogens is 1. The van der Waals surface area contributed by atoms with Gasteiger partial charge in [-0.25, -0.2) is 9.78 Å². The lowest BCUT2D eigenvalue weighted by atomic mass is 9.96. The van der Waals surface area contributed by atoms with Crippen LogP contribution in [0.15, 0.2) is 17.5 Å². The van der Waals surface area contributed by atoms with Crippen molar-refractivity contribution in [3.05, 3.63) is 18.2 Å². The largest absolute Gasteiger partial charge is 0.481 e. The second-order valence-corrected chi connectivity index (χ2v) is 9.10. The van der Waals surface area contributed by atoms with Crippen LogP contribution in [-0.4, -0.2) is 86.5 Å². The van der Waals surface area contributed by atoms with E-state index >= 15 is 0 Å². The van der Waals surface area contributed by atoms with Gasteiger partial charge in [0.15, 0.2) is 5.96 Å². The molecule has 0 spiro atoms. The Balaban J connectivity index is 2.97. The number of aliphatic carboxylic acids is 2. The highest BCUT2D eigenvalue weighted by atomic mass is 16.4. The smallest absolute Gasteiger partial charge is 0.326 e. The zero-order valence-electron chi connectivity index (χ0n) is 22.1. The molecular weight excluding hydrogens is 514 g/mol. The molecule has 0 aliphatic rings. The molecule has 5 atom stereocenters. The van der Waals surface area contributed by atoms with Crippen LogP contribution < -0.4 is 33.2 Å². The normalized spacial score (nSPS) is 14.6. The molecule has 0 bridgehead atoms. The van der Waals surface area contributed by atoms with Gasteiger partial charge in [0, 0.05) is 31.3 Å². The molecule has 16 heteroatoms. The number of aromatic amines is 1. The van der Waals surface area contributed by atoms with E-state index in [9.17, 15) is 29.1 Å². The lowest BCUT2D eigenvalue weighted by Gasteiger charge is -2.28.